The molecule has 0 aromatic carbocycles. The zero-order valence-corrected chi connectivity index (χ0v) is 9.74. The van der Waals surface area contributed by atoms with Crippen molar-refractivity contribution in [2.75, 3.05) is 6.54 Å². The third-order valence-corrected chi connectivity index (χ3v) is 2.13. The predicted molar refractivity (Wildman–Crippen MR) is 61.6 cm³/mol. The van der Waals surface area contributed by atoms with Gasteiger partial charge in [-0.1, -0.05) is 5.16 Å². The molecule has 1 rings (SSSR count). The van der Waals surface area contributed by atoms with E-state index in [0.717, 1.165) is 0 Å². The number of carbonyl (C=O) groups excluding carboxylic acids is 1. The molecule has 1 heterocycles. The van der Waals surface area contributed by atoms with E-state index in [1.54, 1.807) is 0 Å². The molecule has 3 N–H and O–H groups in total. The van der Waals surface area contributed by atoms with Crippen LogP contribution in [0.1, 0.15) is 24.3 Å². The topological polar surface area (TPSA) is 105 Å². The second kappa shape index (κ2) is 5.78. The predicted octanol–water partition coefficient (Wildman–Crippen LogP) is 0.0736. The van der Waals surface area contributed by atoms with Crippen molar-refractivity contribution in [1.29, 1.82) is 0 Å². The lowest BCUT2D eigenvalue weighted by molar-refractivity contribution is 0.0727. The zero-order valence-electron chi connectivity index (χ0n) is 9.74. The quantitative estimate of drug-likeness (QED) is 0.334. The molecule has 0 radical (unpaired) electrons. The minimum atomic E-state index is -0.306. The number of hydrogen-bond donors (Lipinski definition) is 2. The van der Waals surface area contributed by atoms with Gasteiger partial charge in [-0.05, 0) is 13.8 Å². The summed E-state index contributed by atoms with van der Waals surface area (Å²) in [6, 6.07) is -0.0928. The molecular formula is C10H15N5O2. The Morgan fingerprint density at radius 3 is 2.76 bits per heavy atom. The molecule has 0 unspecified atom stereocenters. The van der Waals surface area contributed by atoms with Crippen LogP contribution in [0.3, 0.4) is 0 Å². The van der Waals surface area contributed by atoms with Gasteiger partial charge in [0.1, 0.15) is 5.69 Å². The number of nitrogens with zero attached hydrogens (tertiary/aromatic N) is 4. The molecule has 92 valence electrons. The molecule has 7 heteroatoms. The summed E-state index contributed by atoms with van der Waals surface area (Å²) >= 11 is 0. The van der Waals surface area contributed by atoms with Gasteiger partial charge in [-0.15, -0.1) is 0 Å². The Morgan fingerprint density at radius 2 is 2.29 bits per heavy atom. The molecule has 17 heavy (non-hydrogen) atoms. The first-order valence-electron chi connectivity index (χ1n) is 5.09. The zero-order chi connectivity index (χ0) is 12.8. The van der Waals surface area contributed by atoms with Gasteiger partial charge >= 0.3 is 0 Å². The van der Waals surface area contributed by atoms with E-state index in [4.69, 9.17) is 10.9 Å². The molecule has 1 amide bonds. The monoisotopic (exact) mass is 237 g/mol. The van der Waals surface area contributed by atoms with E-state index in [0.29, 0.717) is 0 Å². The second-order valence-corrected chi connectivity index (χ2v) is 3.71. The smallest absolute Gasteiger partial charge is 0.274 e. The van der Waals surface area contributed by atoms with Gasteiger partial charge in [-0.25, -0.2) is 4.98 Å². The lowest BCUT2D eigenvalue weighted by atomic mass is 10.2. The first-order chi connectivity index (χ1) is 8.06. The highest BCUT2D eigenvalue weighted by Gasteiger charge is 2.21. The molecule has 0 saturated heterocycles. The lowest BCUT2D eigenvalue weighted by Crippen LogP contribution is -2.43. The molecule has 0 fully saturated rings. The molecular weight excluding hydrogens is 222 g/mol. The number of nitrogens with two attached hydrogens (primary N) is 1. The SMILES string of the molecule is CC(C)N(CC(N)=NO)C(=O)c1cnccn1. The molecule has 0 aliphatic heterocycles. The molecule has 0 bridgehead atoms. The molecule has 0 spiro atoms. The summed E-state index contributed by atoms with van der Waals surface area (Å²) in [5.41, 5.74) is 5.63. The van der Waals surface area contributed by atoms with Gasteiger partial charge in [0.2, 0.25) is 0 Å². The van der Waals surface area contributed by atoms with Crippen LogP contribution >= 0.6 is 0 Å². The maximum Gasteiger partial charge on any atom is 0.274 e. The van der Waals surface area contributed by atoms with Crippen LogP contribution in [0.2, 0.25) is 0 Å². The van der Waals surface area contributed by atoms with Crippen molar-refractivity contribution in [3.63, 3.8) is 0 Å². The average Bonchev–Trinajstić information content (AvgIpc) is 2.35. The number of oxime groups is 1. The Hall–Kier alpha value is -2.18. The third kappa shape index (κ3) is 3.40. The first kappa shape index (κ1) is 12.9. The van der Waals surface area contributed by atoms with Crippen LogP contribution in [0.15, 0.2) is 23.7 Å². The summed E-state index contributed by atoms with van der Waals surface area (Å²) in [6.07, 6.45) is 4.30. The minimum absolute atomic E-state index is 0.0315. The Morgan fingerprint density at radius 1 is 1.59 bits per heavy atom. The van der Waals surface area contributed by atoms with Gasteiger partial charge in [0.25, 0.3) is 5.91 Å². The van der Waals surface area contributed by atoms with Gasteiger partial charge in [-0.2, -0.15) is 0 Å². The Labute approximate surface area is 99.0 Å². The van der Waals surface area contributed by atoms with E-state index in [1.165, 1.54) is 23.5 Å². The molecule has 0 atom stereocenters. The number of hydrogen-bond acceptors (Lipinski definition) is 5. The van der Waals surface area contributed by atoms with E-state index in [1.807, 2.05) is 13.8 Å². The van der Waals surface area contributed by atoms with Gasteiger partial charge < -0.3 is 15.8 Å². The molecule has 1 aromatic rings. The van der Waals surface area contributed by atoms with Crippen LogP contribution in [-0.4, -0.2) is 44.4 Å². The fourth-order valence-electron chi connectivity index (χ4n) is 1.25. The van der Waals surface area contributed by atoms with Gasteiger partial charge in [0.05, 0.1) is 12.7 Å². The van der Waals surface area contributed by atoms with Crippen molar-refractivity contribution in [3.8, 4) is 0 Å². The second-order valence-electron chi connectivity index (χ2n) is 3.71. The number of carbonyl (C=O) groups is 1. The Kier molecular flexibility index (Phi) is 4.38. The van der Waals surface area contributed by atoms with Gasteiger partial charge in [-0.3, -0.25) is 9.78 Å². The number of aromatic nitrogens is 2. The maximum atomic E-state index is 12.1. The number of amides is 1. The van der Waals surface area contributed by atoms with Crippen LogP contribution in [0.5, 0.6) is 0 Å². The summed E-state index contributed by atoms with van der Waals surface area (Å²) in [6.45, 7) is 3.71. The van der Waals surface area contributed by atoms with E-state index in [2.05, 4.69) is 15.1 Å². The van der Waals surface area contributed by atoms with E-state index in [9.17, 15) is 4.79 Å². The molecule has 7 nitrogen and oxygen atoms in total. The van der Waals surface area contributed by atoms with Crippen molar-refractivity contribution >= 4 is 11.7 Å². The van der Waals surface area contributed by atoms with Crippen molar-refractivity contribution in [1.82, 2.24) is 14.9 Å². The van der Waals surface area contributed by atoms with Crippen molar-refractivity contribution < 1.29 is 10.0 Å². The van der Waals surface area contributed by atoms with E-state index >= 15 is 0 Å². The number of rotatable bonds is 4. The summed E-state index contributed by atoms with van der Waals surface area (Å²) in [5, 5.41) is 11.4. The average molecular weight is 237 g/mol. The molecule has 0 aliphatic carbocycles. The van der Waals surface area contributed by atoms with Crippen molar-refractivity contribution in [2.24, 2.45) is 10.9 Å². The molecule has 1 aromatic heterocycles. The first-order valence-corrected chi connectivity index (χ1v) is 5.09. The third-order valence-electron chi connectivity index (χ3n) is 2.13. The lowest BCUT2D eigenvalue weighted by Gasteiger charge is -2.25. The fraction of sp³-hybridized carbons (Fsp3) is 0.400. The largest absolute Gasteiger partial charge is 0.409 e. The molecule has 0 saturated carbocycles. The highest BCUT2D eigenvalue weighted by Crippen LogP contribution is 2.04. The van der Waals surface area contributed by atoms with E-state index < -0.39 is 0 Å². The van der Waals surface area contributed by atoms with Crippen LogP contribution < -0.4 is 5.73 Å². The van der Waals surface area contributed by atoms with Crippen molar-refractivity contribution in [2.45, 2.75) is 19.9 Å². The normalized spacial score (nSPS) is 11.6. The summed E-state index contributed by atoms with van der Waals surface area (Å²) in [7, 11) is 0. The Balaban J connectivity index is 2.89. The fourth-order valence-corrected chi connectivity index (χ4v) is 1.25. The summed E-state index contributed by atoms with van der Waals surface area (Å²) in [4.78, 5) is 21.3. The summed E-state index contributed by atoms with van der Waals surface area (Å²) in [5.74, 6) is -0.337. The van der Waals surface area contributed by atoms with Crippen LogP contribution in [-0.2, 0) is 0 Å². The standard InChI is InChI=1S/C10H15N5O2/c1-7(2)15(6-9(11)14-17)10(16)8-5-12-3-4-13-8/h3-5,7,17H,6H2,1-2H3,(H2,11,14). The van der Waals surface area contributed by atoms with Crippen LogP contribution in [0, 0.1) is 0 Å². The van der Waals surface area contributed by atoms with Crippen LogP contribution in [0.25, 0.3) is 0 Å². The maximum absolute atomic E-state index is 12.1. The van der Waals surface area contributed by atoms with E-state index in [-0.39, 0.29) is 30.0 Å². The molecule has 0 aliphatic rings. The van der Waals surface area contributed by atoms with Gasteiger partial charge in [0, 0.05) is 18.4 Å². The van der Waals surface area contributed by atoms with Crippen molar-refractivity contribution in [3.05, 3.63) is 24.3 Å². The Bertz CT molecular complexity index is 404. The number of amidine groups is 1. The highest BCUT2D eigenvalue weighted by molar-refractivity contribution is 5.95. The highest BCUT2D eigenvalue weighted by atomic mass is 16.4. The summed E-state index contributed by atoms with van der Waals surface area (Å²) < 4.78 is 0. The van der Waals surface area contributed by atoms with Crippen LogP contribution in [0.4, 0.5) is 0 Å². The van der Waals surface area contributed by atoms with Gasteiger partial charge in [0.15, 0.2) is 5.84 Å². The minimum Gasteiger partial charge on any atom is -0.409 e.